The predicted octanol–water partition coefficient (Wildman–Crippen LogP) is 1.87. The first-order valence-electron chi connectivity index (χ1n) is 6.19. The number of aliphatic hydroxyl groups excluding tert-OH is 1. The number of azo groups is 1. The number of anilines is 2. The Morgan fingerprint density at radius 3 is 2.76 bits per heavy atom. The summed E-state index contributed by atoms with van der Waals surface area (Å²) in [5.41, 5.74) is 1.68. The molecule has 0 bridgehead atoms. The van der Waals surface area contributed by atoms with Gasteiger partial charge in [0.25, 0.3) is 5.91 Å². The van der Waals surface area contributed by atoms with Gasteiger partial charge in [-0.15, -0.1) is 10.2 Å². The van der Waals surface area contributed by atoms with Crippen LogP contribution in [0.5, 0.6) is 11.8 Å². The number of amides is 1. The van der Waals surface area contributed by atoms with Gasteiger partial charge in [0.15, 0.2) is 5.88 Å². The van der Waals surface area contributed by atoms with Gasteiger partial charge in [0.05, 0.1) is 24.4 Å². The van der Waals surface area contributed by atoms with Gasteiger partial charge < -0.3 is 20.6 Å². The van der Waals surface area contributed by atoms with Crippen LogP contribution in [0.1, 0.15) is 10.4 Å². The molecule has 21 heavy (non-hydrogen) atoms. The lowest BCUT2D eigenvalue weighted by Crippen LogP contribution is -2.01. The Hall–Kier alpha value is -2.87. The van der Waals surface area contributed by atoms with E-state index in [1.807, 2.05) is 0 Å². The van der Waals surface area contributed by atoms with Crippen LogP contribution >= 0.6 is 0 Å². The van der Waals surface area contributed by atoms with E-state index in [1.54, 1.807) is 18.2 Å². The summed E-state index contributed by atoms with van der Waals surface area (Å²) in [6.45, 7) is -0.147. The quantitative estimate of drug-likeness (QED) is 0.684. The summed E-state index contributed by atoms with van der Waals surface area (Å²) in [6.07, 6.45) is 0. The molecule has 0 saturated heterocycles. The maximum absolute atomic E-state index is 11.5. The fraction of sp³-hybridized carbons (Fsp3) is 0.154. The Balaban J connectivity index is 1.90. The summed E-state index contributed by atoms with van der Waals surface area (Å²) in [5.74, 6) is -0.799. The molecule has 0 unspecified atom stereocenters. The zero-order valence-corrected chi connectivity index (χ0v) is 10.8. The van der Waals surface area contributed by atoms with Crippen LogP contribution in [0.3, 0.4) is 0 Å². The molecule has 8 heteroatoms. The van der Waals surface area contributed by atoms with Gasteiger partial charge >= 0.3 is 0 Å². The van der Waals surface area contributed by atoms with Crippen molar-refractivity contribution in [1.82, 2.24) is 4.57 Å². The lowest BCUT2D eigenvalue weighted by atomic mass is 10.1. The van der Waals surface area contributed by atoms with E-state index in [1.165, 1.54) is 6.07 Å². The molecule has 2 heterocycles. The zero-order chi connectivity index (χ0) is 15.0. The minimum atomic E-state index is -0.418. The molecule has 1 aliphatic heterocycles. The largest absolute Gasteiger partial charge is 0.494 e. The van der Waals surface area contributed by atoms with Crippen molar-refractivity contribution < 1.29 is 20.1 Å². The molecule has 0 fully saturated rings. The first kappa shape index (κ1) is 13.1. The molecule has 3 rings (SSSR count). The highest BCUT2D eigenvalue weighted by atomic mass is 16.3. The van der Waals surface area contributed by atoms with Gasteiger partial charge in [-0.2, -0.15) is 0 Å². The van der Waals surface area contributed by atoms with Gasteiger partial charge in [0, 0.05) is 11.8 Å². The monoisotopic (exact) mass is 288 g/mol. The topological polar surface area (TPSA) is 119 Å². The first-order chi connectivity index (χ1) is 10.1. The van der Waals surface area contributed by atoms with Crippen LogP contribution < -0.4 is 5.32 Å². The van der Waals surface area contributed by atoms with Crippen molar-refractivity contribution in [1.29, 1.82) is 0 Å². The van der Waals surface area contributed by atoms with E-state index in [0.717, 1.165) is 4.57 Å². The highest BCUT2D eigenvalue weighted by molar-refractivity contribution is 6.02. The van der Waals surface area contributed by atoms with Crippen LogP contribution in [0, 0.1) is 0 Å². The lowest BCUT2D eigenvalue weighted by molar-refractivity contribution is 0.100. The van der Waals surface area contributed by atoms with Gasteiger partial charge in [0.1, 0.15) is 5.69 Å². The standard InChI is InChI=1S/C13H12N4O4/c18-4-3-17-11(19)6-10(13(17)21)14-7-1-2-9-8(5-7)12(20)16-15-9/h1-2,5-6,14,18-19,21H,3-4H2. The number of fused-ring (bicyclic) bond motifs is 1. The van der Waals surface area contributed by atoms with Crippen molar-refractivity contribution >= 4 is 23.0 Å². The SMILES string of the molecule is O=C1N=Nc2ccc(Nc3cc(O)n(CCO)c3O)cc21. The van der Waals surface area contributed by atoms with E-state index in [2.05, 4.69) is 15.5 Å². The number of hydrogen-bond donors (Lipinski definition) is 4. The van der Waals surface area contributed by atoms with E-state index in [9.17, 15) is 15.0 Å². The number of nitrogens with zero attached hydrogens (tertiary/aromatic N) is 3. The Bertz CT molecular complexity index is 751. The molecule has 1 aromatic heterocycles. The molecule has 1 amide bonds. The molecular weight excluding hydrogens is 276 g/mol. The number of rotatable bonds is 4. The minimum Gasteiger partial charge on any atom is -0.494 e. The highest BCUT2D eigenvalue weighted by Gasteiger charge is 2.19. The van der Waals surface area contributed by atoms with Crippen LogP contribution in [0.4, 0.5) is 17.1 Å². The molecule has 4 N–H and O–H groups in total. The highest BCUT2D eigenvalue weighted by Crippen LogP contribution is 2.36. The van der Waals surface area contributed by atoms with Crippen molar-refractivity contribution in [3.63, 3.8) is 0 Å². The van der Waals surface area contributed by atoms with Crippen LogP contribution in [-0.2, 0) is 6.54 Å². The average Bonchev–Trinajstić information content (AvgIpc) is 2.95. The lowest BCUT2D eigenvalue weighted by Gasteiger charge is -2.07. The Morgan fingerprint density at radius 2 is 2.00 bits per heavy atom. The molecule has 1 aromatic carbocycles. The first-order valence-corrected chi connectivity index (χ1v) is 6.19. The molecule has 0 aliphatic carbocycles. The Morgan fingerprint density at radius 1 is 1.19 bits per heavy atom. The van der Waals surface area contributed by atoms with Gasteiger partial charge in [-0.3, -0.25) is 9.36 Å². The number of nitrogens with one attached hydrogen (secondary N) is 1. The van der Waals surface area contributed by atoms with Crippen LogP contribution in [0.15, 0.2) is 34.5 Å². The van der Waals surface area contributed by atoms with E-state index >= 15 is 0 Å². The normalized spacial score (nSPS) is 12.7. The summed E-state index contributed by atoms with van der Waals surface area (Å²) in [7, 11) is 0. The third kappa shape index (κ3) is 2.21. The van der Waals surface area contributed by atoms with Crippen molar-refractivity contribution in [2.24, 2.45) is 10.2 Å². The predicted molar refractivity (Wildman–Crippen MR) is 73.4 cm³/mol. The number of carbonyl (C=O) groups is 1. The number of carbonyl (C=O) groups excluding carboxylic acids is 1. The van der Waals surface area contributed by atoms with Crippen molar-refractivity contribution in [3.8, 4) is 11.8 Å². The molecule has 1 aliphatic rings. The molecule has 2 aromatic rings. The van der Waals surface area contributed by atoms with E-state index in [0.29, 0.717) is 16.9 Å². The fourth-order valence-corrected chi connectivity index (χ4v) is 2.12. The number of hydrogen-bond acceptors (Lipinski definition) is 6. The molecule has 8 nitrogen and oxygen atoms in total. The smallest absolute Gasteiger partial charge is 0.297 e. The maximum atomic E-state index is 11.5. The summed E-state index contributed by atoms with van der Waals surface area (Å²) >= 11 is 0. The molecule has 0 atom stereocenters. The van der Waals surface area contributed by atoms with Gasteiger partial charge in [0.2, 0.25) is 5.88 Å². The Labute approximate surface area is 119 Å². The van der Waals surface area contributed by atoms with Gasteiger partial charge in [-0.05, 0) is 18.2 Å². The molecule has 0 spiro atoms. The Kier molecular flexibility index (Phi) is 3.07. The van der Waals surface area contributed by atoms with Crippen molar-refractivity contribution in [2.45, 2.75) is 6.54 Å². The summed E-state index contributed by atoms with van der Waals surface area (Å²) in [4.78, 5) is 11.5. The molecule has 108 valence electrons. The average molecular weight is 288 g/mol. The van der Waals surface area contributed by atoms with E-state index < -0.39 is 5.91 Å². The summed E-state index contributed by atoms with van der Waals surface area (Å²) < 4.78 is 1.16. The second-order valence-electron chi connectivity index (χ2n) is 4.48. The van der Waals surface area contributed by atoms with E-state index in [-0.39, 0.29) is 30.6 Å². The molecular formula is C13H12N4O4. The summed E-state index contributed by atoms with van der Waals surface area (Å²) in [5, 5.41) is 38.6. The number of benzene rings is 1. The number of aromatic hydroxyl groups is 2. The van der Waals surface area contributed by atoms with Gasteiger partial charge in [-0.25, -0.2) is 0 Å². The van der Waals surface area contributed by atoms with Gasteiger partial charge in [-0.1, -0.05) is 0 Å². The summed E-state index contributed by atoms with van der Waals surface area (Å²) in [6, 6.07) is 6.20. The molecule has 0 radical (unpaired) electrons. The number of aliphatic hydroxyl groups is 1. The van der Waals surface area contributed by atoms with Crippen LogP contribution in [-0.4, -0.2) is 32.4 Å². The fourth-order valence-electron chi connectivity index (χ4n) is 2.12. The third-order valence-corrected chi connectivity index (χ3v) is 3.12. The number of aromatic nitrogens is 1. The van der Waals surface area contributed by atoms with E-state index in [4.69, 9.17) is 5.11 Å². The van der Waals surface area contributed by atoms with Crippen LogP contribution in [0.2, 0.25) is 0 Å². The molecule has 0 saturated carbocycles. The van der Waals surface area contributed by atoms with Crippen molar-refractivity contribution in [2.75, 3.05) is 11.9 Å². The van der Waals surface area contributed by atoms with Crippen LogP contribution in [0.25, 0.3) is 0 Å². The third-order valence-electron chi connectivity index (χ3n) is 3.12. The van der Waals surface area contributed by atoms with Crippen molar-refractivity contribution in [3.05, 3.63) is 29.8 Å². The minimum absolute atomic E-state index is 0.0692. The second kappa shape index (κ2) is 4.91. The zero-order valence-electron chi connectivity index (χ0n) is 10.8. The maximum Gasteiger partial charge on any atom is 0.297 e. The second-order valence-corrected chi connectivity index (χ2v) is 4.48.